The Balaban J connectivity index is 2.33. The first-order valence-corrected chi connectivity index (χ1v) is 8.07. The van der Waals surface area contributed by atoms with Crippen LogP contribution < -0.4 is 0 Å². The maximum absolute atomic E-state index is 12.7. The molecule has 3 aromatic rings. The quantitative estimate of drug-likeness (QED) is 0.695. The van der Waals surface area contributed by atoms with E-state index in [1.165, 1.54) is 5.56 Å². The molecular formula is C21H22N2O. The highest BCUT2D eigenvalue weighted by Gasteiger charge is 2.16. The molecular weight excluding hydrogens is 296 g/mol. The van der Waals surface area contributed by atoms with Gasteiger partial charge in [-0.15, -0.1) is 0 Å². The second-order valence-corrected chi connectivity index (χ2v) is 6.59. The van der Waals surface area contributed by atoms with Crippen LogP contribution in [0.2, 0.25) is 0 Å². The van der Waals surface area contributed by atoms with Crippen molar-refractivity contribution in [3.63, 3.8) is 0 Å². The third kappa shape index (κ3) is 2.90. The Bertz CT molecular complexity index is 942. The van der Waals surface area contributed by atoms with Crippen LogP contribution in [0.4, 0.5) is 0 Å². The standard InChI is InChI=1S/C21H22N2O/c1-13-6-8-15(3)16(10-13)20-12-18(21(24)23(4)5)17-11-14(2)7-9-19(17)22-20/h6-12H,1-5H3. The van der Waals surface area contributed by atoms with Crippen molar-refractivity contribution in [1.29, 1.82) is 0 Å². The molecule has 3 heteroatoms. The van der Waals surface area contributed by atoms with Crippen LogP contribution >= 0.6 is 0 Å². The molecule has 3 rings (SSSR count). The summed E-state index contributed by atoms with van der Waals surface area (Å²) >= 11 is 0. The minimum absolute atomic E-state index is 0.000411. The Hall–Kier alpha value is -2.68. The summed E-state index contributed by atoms with van der Waals surface area (Å²) in [4.78, 5) is 19.1. The zero-order valence-electron chi connectivity index (χ0n) is 14.8. The van der Waals surface area contributed by atoms with Gasteiger partial charge in [-0.3, -0.25) is 4.79 Å². The number of pyridine rings is 1. The number of carbonyl (C=O) groups excluding carboxylic acids is 1. The summed E-state index contributed by atoms with van der Waals surface area (Å²) in [6.45, 7) is 6.17. The van der Waals surface area contributed by atoms with E-state index in [4.69, 9.17) is 4.98 Å². The second kappa shape index (κ2) is 6.08. The molecule has 0 unspecified atom stereocenters. The molecule has 0 saturated carbocycles. The maximum atomic E-state index is 12.7. The highest BCUT2D eigenvalue weighted by Crippen LogP contribution is 2.29. The van der Waals surface area contributed by atoms with E-state index in [1.54, 1.807) is 19.0 Å². The van der Waals surface area contributed by atoms with Crippen molar-refractivity contribution >= 4 is 16.8 Å². The molecule has 0 N–H and O–H groups in total. The van der Waals surface area contributed by atoms with Crippen molar-refractivity contribution in [2.24, 2.45) is 0 Å². The minimum atomic E-state index is -0.000411. The molecule has 0 aliphatic carbocycles. The second-order valence-electron chi connectivity index (χ2n) is 6.59. The number of hydrogen-bond donors (Lipinski definition) is 0. The largest absolute Gasteiger partial charge is 0.345 e. The molecule has 2 aromatic carbocycles. The molecule has 1 amide bonds. The zero-order chi connectivity index (χ0) is 17.4. The van der Waals surface area contributed by atoms with Gasteiger partial charge in [-0.2, -0.15) is 0 Å². The first-order chi connectivity index (χ1) is 11.4. The number of fused-ring (bicyclic) bond motifs is 1. The van der Waals surface area contributed by atoms with Crippen LogP contribution in [0.3, 0.4) is 0 Å². The van der Waals surface area contributed by atoms with Crippen LogP contribution in [0.5, 0.6) is 0 Å². The number of carbonyl (C=O) groups is 1. The minimum Gasteiger partial charge on any atom is -0.345 e. The summed E-state index contributed by atoms with van der Waals surface area (Å²) in [7, 11) is 3.56. The highest BCUT2D eigenvalue weighted by molar-refractivity contribution is 6.07. The summed E-state index contributed by atoms with van der Waals surface area (Å²) in [5.41, 5.74) is 6.93. The van der Waals surface area contributed by atoms with Gasteiger partial charge < -0.3 is 4.90 Å². The Kier molecular flexibility index (Phi) is 4.10. The summed E-state index contributed by atoms with van der Waals surface area (Å²) in [5, 5.41) is 0.905. The monoisotopic (exact) mass is 318 g/mol. The summed E-state index contributed by atoms with van der Waals surface area (Å²) < 4.78 is 0. The van der Waals surface area contributed by atoms with Gasteiger partial charge in [0.15, 0.2) is 0 Å². The molecule has 0 saturated heterocycles. The fraction of sp³-hybridized carbons (Fsp3) is 0.238. The van der Waals surface area contributed by atoms with E-state index in [0.29, 0.717) is 5.56 Å². The molecule has 122 valence electrons. The number of rotatable bonds is 2. The Labute approximate surface area is 143 Å². The molecule has 0 aliphatic rings. The molecule has 0 atom stereocenters. The van der Waals surface area contributed by atoms with E-state index in [1.807, 2.05) is 31.2 Å². The molecule has 0 bridgehead atoms. The van der Waals surface area contributed by atoms with E-state index in [2.05, 4.69) is 32.0 Å². The summed E-state index contributed by atoms with van der Waals surface area (Å²) in [5.74, 6) is -0.000411. The highest BCUT2D eigenvalue weighted by atomic mass is 16.2. The first-order valence-electron chi connectivity index (χ1n) is 8.07. The van der Waals surface area contributed by atoms with E-state index in [-0.39, 0.29) is 5.91 Å². The first kappa shape index (κ1) is 16.2. The van der Waals surface area contributed by atoms with Gasteiger partial charge in [-0.1, -0.05) is 29.3 Å². The van der Waals surface area contributed by atoms with Crippen LogP contribution in [0.1, 0.15) is 27.0 Å². The Morgan fingerprint density at radius 2 is 1.58 bits per heavy atom. The van der Waals surface area contributed by atoms with Gasteiger partial charge in [0.2, 0.25) is 0 Å². The third-order valence-corrected chi connectivity index (χ3v) is 4.27. The predicted octanol–water partition coefficient (Wildman–Crippen LogP) is 4.53. The van der Waals surface area contributed by atoms with Gasteiger partial charge in [0.25, 0.3) is 5.91 Å². The number of aromatic nitrogens is 1. The van der Waals surface area contributed by atoms with Gasteiger partial charge in [-0.05, 0) is 50.6 Å². The van der Waals surface area contributed by atoms with Gasteiger partial charge >= 0.3 is 0 Å². The number of nitrogens with zero attached hydrogens (tertiary/aromatic N) is 2. The zero-order valence-corrected chi connectivity index (χ0v) is 14.8. The predicted molar refractivity (Wildman–Crippen MR) is 99.4 cm³/mol. The molecule has 0 radical (unpaired) electrons. The lowest BCUT2D eigenvalue weighted by Gasteiger charge is -2.15. The lowest BCUT2D eigenvalue weighted by molar-refractivity contribution is 0.0829. The van der Waals surface area contributed by atoms with Crippen molar-refractivity contribution < 1.29 is 4.79 Å². The van der Waals surface area contributed by atoms with Crippen LogP contribution in [0.15, 0.2) is 42.5 Å². The molecule has 0 spiro atoms. The van der Waals surface area contributed by atoms with E-state index in [0.717, 1.165) is 33.3 Å². The van der Waals surface area contributed by atoms with Crippen molar-refractivity contribution in [2.45, 2.75) is 20.8 Å². The molecule has 1 aromatic heterocycles. The normalized spacial score (nSPS) is 10.9. The van der Waals surface area contributed by atoms with E-state index >= 15 is 0 Å². The maximum Gasteiger partial charge on any atom is 0.254 e. The number of aryl methyl sites for hydroxylation is 3. The van der Waals surface area contributed by atoms with Crippen LogP contribution in [0.25, 0.3) is 22.2 Å². The van der Waals surface area contributed by atoms with Gasteiger partial charge in [0, 0.05) is 25.0 Å². The molecule has 3 nitrogen and oxygen atoms in total. The smallest absolute Gasteiger partial charge is 0.254 e. The molecule has 0 aliphatic heterocycles. The van der Waals surface area contributed by atoms with Crippen molar-refractivity contribution in [1.82, 2.24) is 9.88 Å². The number of amides is 1. The van der Waals surface area contributed by atoms with Gasteiger partial charge in [0.1, 0.15) is 0 Å². The lowest BCUT2D eigenvalue weighted by atomic mass is 9.98. The van der Waals surface area contributed by atoms with Crippen LogP contribution in [0, 0.1) is 20.8 Å². The van der Waals surface area contributed by atoms with Crippen LogP contribution in [-0.4, -0.2) is 29.9 Å². The average Bonchev–Trinajstić information content (AvgIpc) is 2.55. The fourth-order valence-corrected chi connectivity index (χ4v) is 2.91. The molecule has 1 heterocycles. The van der Waals surface area contributed by atoms with Gasteiger partial charge in [-0.25, -0.2) is 4.98 Å². The molecule has 0 fully saturated rings. The average molecular weight is 318 g/mol. The molecule has 24 heavy (non-hydrogen) atoms. The Morgan fingerprint density at radius 3 is 2.29 bits per heavy atom. The lowest BCUT2D eigenvalue weighted by Crippen LogP contribution is -2.22. The fourth-order valence-electron chi connectivity index (χ4n) is 2.91. The summed E-state index contributed by atoms with van der Waals surface area (Å²) in [6, 6.07) is 14.3. The third-order valence-electron chi connectivity index (χ3n) is 4.27. The van der Waals surface area contributed by atoms with Crippen molar-refractivity contribution in [3.8, 4) is 11.3 Å². The number of hydrogen-bond acceptors (Lipinski definition) is 2. The van der Waals surface area contributed by atoms with E-state index < -0.39 is 0 Å². The number of benzene rings is 2. The van der Waals surface area contributed by atoms with Crippen molar-refractivity contribution in [2.75, 3.05) is 14.1 Å². The van der Waals surface area contributed by atoms with E-state index in [9.17, 15) is 4.79 Å². The van der Waals surface area contributed by atoms with Gasteiger partial charge in [0.05, 0.1) is 16.8 Å². The summed E-state index contributed by atoms with van der Waals surface area (Å²) in [6.07, 6.45) is 0. The van der Waals surface area contributed by atoms with Crippen molar-refractivity contribution in [3.05, 3.63) is 64.7 Å². The Morgan fingerprint density at radius 1 is 0.917 bits per heavy atom. The topological polar surface area (TPSA) is 33.2 Å². The van der Waals surface area contributed by atoms with Crippen LogP contribution in [-0.2, 0) is 0 Å². The SMILES string of the molecule is Cc1ccc(C)c(-c2cc(C(=O)N(C)C)c3cc(C)ccc3n2)c1.